The van der Waals surface area contributed by atoms with Crippen molar-refractivity contribution in [3.63, 3.8) is 0 Å². The fraction of sp³-hybridized carbons (Fsp3) is 0.316. The number of nitrogens with zero attached hydrogens (tertiary/aromatic N) is 3. The van der Waals surface area contributed by atoms with Crippen LogP contribution in [0.4, 0.5) is 11.4 Å². The Kier molecular flexibility index (Phi) is 4.58. The third kappa shape index (κ3) is 2.95. The average molecular weight is 385 g/mol. The van der Waals surface area contributed by atoms with Gasteiger partial charge in [0.25, 0.3) is 0 Å². The molecule has 5 nitrogen and oxygen atoms in total. The van der Waals surface area contributed by atoms with E-state index in [-0.39, 0.29) is 5.91 Å². The van der Waals surface area contributed by atoms with Crippen LogP contribution in [0.3, 0.4) is 0 Å². The summed E-state index contributed by atoms with van der Waals surface area (Å²) in [6.07, 6.45) is 3.46. The van der Waals surface area contributed by atoms with Gasteiger partial charge in [-0.05, 0) is 49.9 Å². The lowest BCUT2D eigenvalue weighted by Gasteiger charge is -2.30. The summed E-state index contributed by atoms with van der Waals surface area (Å²) in [4.78, 5) is 25.8. The van der Waals surface area contributed by atoms with Gasteiger partial charge in [0.2, 0.25) is 5.91 Å². The van der Waals surface area contributed by atoms with E-state index in [4.69, 9.17) is 5.73 Å². The Bertz CT molecular complexity index is 999. The average Bonchev–Trinajstić information content (AvgIpc) is 2.94. The Morgan fingerprint density at radius 3 is 3.04 bits per heavy atom. The maximum Gasteiger partial charge on any atom is 0.237 e. The summed E-state index contributed by atoms with van der Waals surface area (Å²) in [6, 6.07) is 5.81. The molecule has 0 bridgehead atoms. The van der Waals surface area contributed by atoms with Gasteiger partial charge in [-0.3, -0.25) is 4.79 Å². The van der Waals surface area contributed by atoms with Gasteiger partial charge in [-0.2, -0.15) is 0 Å². The Morgan fingerprint density at radius 2 is 2.19 bits per heavy atom. The fourth-order valence-corrected chi connectivity index (χ4v) is 5.37. The number of hydrogen-bond acceptors (Lipinski definition) is 6. The largest absolute Gasteiger partial charge is 0.398 e. The summed E-state index contributed by atoms with van der Waals surface area (Å²) >= 11 is 3.16. The molecule has 1 aliphatic rings. The molecule has 1 aliphatic heterocycles. The van der Waals surface area contributed by atoms with Gasteiger partial charge >= 0.3 is 0 Å². The molecule has 1 aromatic carbocycles. The Labute approximate surface area is 160 Å². The number of carbonyl (C=O) groups excluding carboxylic acids is 1. The van der Waals surface area contributed by atoms with E-state index >= 15 is 0 Å². The number of thiophene rings is 1. The highest BCUT2D eigenvalue weighted by atomic mass is 32.2. The van der Waals surface area contributed by atoms with Gasteiger partial charge in [-0.1, -0.05) is 17.8 Å². The number of aromatic nitrogens is 2. The van der Waals surface area contributed by atoms with Crippen molar-refractivity contribution >= 4 is 50.6 Å². The number of anilines is 2. The van der Waals surface area contributed by atoms with Gasteiger partial charge in [0, 0.05) is 28.2 Å². The Morgan fingerprint density at radius 1 is 1.35 bits per heavy atom. The summed E-state index contributed by atoms with van der Waals surface area (Å²) < 4.78 is 0. The molecule has 1 amide bonds. The van der Waals surface area contributed by atoms with Gasteiger partial charge < -0.3 is 10.6 Å². The lowest BCUT2D eigenvalue weighted by Crippen LogP contribution is -2.37. The number of nitrogen functional groups attached to an aromatic ring is 1. The van der Waals surface area contributed by atoms with Crippen molar-refractivity contribution in [2.75, 3.05) is 22.9 Å². The number of nitrogens with two attached hydrogens (primary N) is 1. The first kappa shape index (κ1) is 17.3. The van der Waals surface area contributed by atoms with Crippen LogP contribution < -0.4 is 10.6 Å². The third-order valence-corrected chi connectivity index (χ3v) is 6.94. The highest BCUT2D eigenvalue weighted by Gasteiger charge is 2.24. The minimum atomic E-state index is 0.0953. The molecule has 4 rings (SSSR count). The van der Waals surface area contributed by atoms with Crippen molar-refractivity contribution in [1.29, 1.82) is 0 Å². The molecule has 0 atom stereocenters. The molecule has 3 aromatic rings. The molecule has 0 spiro atoms. The Hall–Kier alpha value is -2.12. The van der Waals surface area contributed by atoms with Crippen LogP contribution in [0.25, 0.3) is 10.2 Å². The van der Waals surface area contributed by atoms with E-state index in [1.807, 2.05) is 23.1 Å². The van der Waals surface area contributed by atoms with E-state index in [2.05, 4.69) is 23.8 Å². The first-order chi connectivity index (χ1) is 12.6. The molecule has 26 heavy (non-hydrogen) atoms. The zero-order valence-electron chi connectivity index (χ0n) is 14.8. The topological polar surface area (TPSA) is 72.1 Å². The fourth-order valence-electron chi connectivity index (χ4n) is 3.38. The standard InChI is InChI=1S/C19H20N4OS2/c1-11-12(2)26-19-17(11)18(21-10-22-19)25-9-16(24)23-8-4-5-13-14(20)6-3-7-15(13)23/h3,6-7,10H,4-5,8-9,20H2,1-2H3. The van der Waals surface area contributed by atoms with Gasteiger partial charge in [0.15, 0.2) is 0 Å². The second-order valence-corrected chi connectivity index (χ2v) is 8.59. The van der Waals surface area contributed by atoms with Crippen LogP contribution in [0.5, 0.6) is 0 Å². The molecular formula is C19H20N4OS2. The molecular weight excluding hydrogens is 364 g/mol. The molecule has 0 aliphatic carbocycles. The van der Waals surface area contributed by atoms with E-state index in [0.717, 1.165) is 51.6 Å². The molecule has 3 heterocycles. The summed E-state index contributed by atoms with van der Waals surface area (Å²) in [5.74, 6) is 0.451. The van der Waals surface area contributed by atoms with Crippen molar-refractivity contribution in [2.24, 2.45) is 0 Å². The van der Waals surface area contributed by atoms with Crippen LogP contribution in [0, 0.1) is 13.8 Å². The molecule has 7 heteroatoms. The number of hydrogen-bond donors (Lipinski definition) is 1. The third-order valence-electron chi connectivity index (χ3n) is 4.85. The van der Waals surface area contributed by atoms with Crippen molar-refractivity contribution < 1.29 is 4.79 Å². The van der Waals surface area contributed by atoms with Gasteiger partial charge in [-0.25, -0.2) is 9.97 Å². The van der Waals surface area contributed by atoms with Crippen LogP contribution >= 0.6 is 23.1 Å². The molecule has 2 N–H and O–H groups in total. The van der Waals surface area contributed by atoms with Gasteiger partial charge in [-0.15, -0.1) is 11.3 Å². The van der Waals surface area contributed by atoms with E-state index in [1.54, 1.807) is 17.7 Å². The predicted molar refractivity (Wildman–Crippen MR) is 109 cm³/mol. The maximum atomic E-state index is 12.9. The normalized spacial score (nSPS) is 13.8. The smallest absolute Gasteiger partial charge is 0.237 e. The summed E-state index contributed by atoms with van der Waals surface area (Å²) in [7, 11) is 0. The van der Waals surface area contributed by atoms with Crippen LogP contribution in [-0.4, -0.2) is 28.2 Å². The summed E-state index contributed by atoms with van der Waals surface area (Å²) in [6.45, 7) is 4.93. The number of fused-ring (bicyclic) bond motifs is 2. The molecule has 0 radical (unpaired) electrons. The highest BCUT2D eigenvalue weighted by molar-refractivity contribution is 8.00. The molecule has 0 unspecified atom stereocenters. The van der Waals surface area contributed by atoms with Crippen molar-refractivity contribution in [1.82, 2.24) is 9.97 Å². The van der Waals surface area contributed by atoms with Crippen LogP contribution in [0.15, 0.2) is 29.6 Å². The first-order valence-corrected chi connectivity index (χ1v) is 10.4. The van der Waals surface area contributed by atoms with Crippen molar-refractivity contribution in [2.45, 2.75) is 31.7 Å². The number of aryl methyl sites for hydroxylation is 2. The molecule has 134 valence electrons. The quantitative estimate of drug-likeness (QED) is 0.420. The highest BCUT2D eigenvalue weighted by Crippen LogP contribution is 2.35. The number of benzene rings is 1. The lowest BCUT2D eigenvalue weighted by molar-refractivity contribution is -0.116. The second kappa shape index (κ2) is 6.89. The predicted octanol–water partition coefficient (Wildman–Crippen LogP) is 3.96. The van der Waals surface area contributed by atoms with E-state index in [9.17, 15) is 4.79 Å². The van der Waals surface area contributed by atoms with Crippen molar-refractivity contribution in [3.05, 3.63) is 40.5 Å². The minimum Gasteiger partial charge on any atom is -0.398 e. The molecule has 2 aromatic heterocycles. The number of thioether (sulfide) groups is 1. The SMILES string of the molecule is Cc1sc2ncnc(SCC(=O)N3CCCc4c(N)cccc43)c2c1C. The number of rotatable bonds is 3. The maximum absolute atomic E-state index is 12.9. The second-order valence-electron chi connectivity index (χ2n) is 6.42. The summed E-state index contributed by atoms with van der Waals surface area (Å²) in [5, 5.41) is 1.96. The lowest BCUT2D eigenvalue weighted by atomic mass is 10.00. The van der Waals surface area contributed by atoms with E-state index < -0.39 is 0 Å². The zero-order chi connectivity index (χ0) is 18.3. The number of amides is 1. The minimum absolute atomic E-state index is 0.0953. The molecule has 0 fully saturated rings. The van der Waals surface area contributed by atoms with E-state index in [0.29, 0.717) is 5.75 Å². The van der Waals surface area contributed by atoms with Crippen LogP contribution in [-0.2, 0) is 11.2 Å². The first-order valence-electron chi connectivity index (χ1n) is 8.57. The molecule has 0 saturated heterocycles. The Balaban J connectivity index is 1.57. The van der Waals surface area contributed by atoms with Gasteiger partial charge in [0.05, 0.1) is 5.75 Å². The zero-order valence-corrected chi connectivity index (χ0v) is 16.4. The van der Waals surface area contributed by atoms with Crippen molar-refractivity contribution in [3.8, 4) is 0 Å². The van der Waals surface area contributed by atoms with Gasteiger partial charge in [0.1, 0.15) is 16.2 Å². The number of carbonyl (C=O) groups is 1. The van der Waals surface area contributed by atoms with Crippen LogP contribution in [0.1, 0.15) is 22.4 Å². The molecule has 0 saturated carbocycles. The van der Waals surface area contributed by atoms with Crippen LogP contribution in [0.2, 0.25) is 0 Å². The monoisotopic (exact) mass is 384 g/mol. The van der Waals surface area contributed by atoms with E-state index in [1.165, 1.54) is 22.2 Å². The summed E-state index contributed by atoms with van der Waals surface area (Å²) in [5.41, 5.74) is 10.1.